The first-order valence-electron chi connectivity index (χ1n) is 7.73. The second kappa shape index (κ2) is 6.15. The summed E-state index contributed by atoms with van der Waals surface area (Å²) in [6.07, 6.45) is 0.965. The molecule has 124 valence electrons. The number of methoxy groups -OCH3 is 2. The van der Waals surface area contributed by atoms with E-state index in [4.69, 9.17) is 26.1 Å². The predicted octanol–water partition coefficient (Wildman–Crippen LogP) is 4.53. The smallest absolute Gasteiger partial charge is 0.186 e. The van der Waals surface area contributed by atoms with Gasteiger partial charge in [0.25, 0.3) is 0 Å². The van der Waals surface area contributed by atoms with Gasteiger partial charge in [-0.15, -0.1) is 0 Å². The summed E-state index contributed by atoms with van der Waals surface area (Å²) in [4.78, 5) is 7.07. The van der Waals surface area contributed by atoms with Crippen LogP contribution in [0, 0.1) is 0 Å². The van der Waals surface area contributed by atoms with E-state index in [-0.39, 0.29) is 0 Å². The van der Waals surface area contributed by atoms with Crippen LogP contribution in [0.15, 0.2) is 30.3 Å². The van der Waals surface area contributed by atoms with Crippen LogP contribution in [0.3, 0.4) is 0 Å². The first-order chi connectivity index (χ1) is 11.7. The molecule has 0 unspecified atom stereocenters. The van der Waals surface area contributed by atoms with Gasteiger partial charge in [0.05, 0.1) is 24.4 Å². The van der Waals surface area contributed by atoms with E-state index in [1.54, 1.807) is 25.6 Å². The third kappa shape index (κ3) is 2.68. The minimum absolute atomic E-state index is 0.749. The Hall–Kier alpha value is -1.98. The summed E-state index contributed by atoms with van der Waals surface area (Å²) in [5.74, 6) is 1.56. The molecule has 0 N–H and O–H groups in total. The topological polar surface area (TPSA) is 34.6 Å². The highest BCUT2D eigenvalue weighted by Gasteiger charge is 2.21. The van der Waals surface area contributed by atoms with E-state index in [9.17, 15) is 0 Å². The van der Waals surface area contributed by atoms with Crippen molar-refractivity contribution in [2.75, 3.05) is 25.7 Å². The van der Waals surface area contributed by atoms with Crippen molar-refractivity contribution in [2.24, 2.45) is 0 Å². The number of fused-ring (bicyclic) bond motifs is 2. The number of ether oxygens (including phenoxy) is 2. The number of hydrogen-bond acceptors (Lipinski definition) is 5. The number of hydrogen-bond donors (Lipinski definition) is 0. The fourth-order valence-corrected chi connectivity index (χ4v) is 4.33. The zero-order valence-corrected chi connectivity index (χ0v) is 15.1. The third-order valence-electron chi connectivity index (χ3n) is 4.33. The Morgan fingerprint density at radius 1 is 1.08 bits per heavy atom. The second-order valence-corrected chi connectivity index (χ2v) is 7.20. The van der Waals surface area contributed by atoms with Gasteiger partial charge in [-0.1, -0.05) is 22.9 Å². The molecule has 1 aliphatic heterocycles. The highest BCUT2D eigenvalue weighted by atomic mass is 35.5. The number of aromatic nitrogens is 1. The lowest BCUT2D eigenvalue weighted by Crippen LogP contribution is -2.30. The fraction of sp³-hybridized carbons (Fsp3) is 0.278. The number of nitrogens with zero attached hydrogens (tertiary/aromatic N) is 2. The van der Waals surface area contributed by atoms with Gasteiger partial charge in [-0.2, -0.15) is 0 Å². The van der Waals surface area contributed by atoms with E-state index in [1.807, 2.05) is 18.2 Å². The maximum atomic E-state index is 6.08. The number of anilines is 1. The van der Waals surface area contributed by atoms with Gasteiger partial charge in [-0.3, -0.25) is 0 Å². The summed E-state index contributed by atoms with van der Waals surface area (Å²) in [6.45, 7) is 1.76. The highest BCUT2D eigenvalue weighted by molar-refractivity contribution is 7.22. The average molecular weight is 361 g/mol. The minimum Gasteiger partial charge on any atom is -0.493 e. The van der Waals surface area contributed by atoms with Crippen LogP contribution in [-0.2, 0) is 13.0 Å². The Labute approximate surface area is 149 Å². The average Bonchev–Trinajstić information content (AvgIpc) is 3.03. The standard InChI is InChI=1S/C18H17ClN2O2S/c1-22-15-7-11-5-6-21(10-12(11)8-16(15)23-2)18-20-14-4-3-13(19)9-17(14)24-18/h3-4,7-9H,5-6,10H2,1-2H3. The van der Waals surface area contributed by atoms with Gasteiger partial charge in [0.1, 0.15) is 0 Å². The normalized spacial score (nSPS) is 13.9. The minimum atomic E-state index is 0.749. The van der Waals surface area contributed by atoms with Crippen molar-refractivity contribution in [2.45, 2.75) is 13.0 Å². The summed E-state index contributed by atoms with van der Waals surface area (Å²) in [7, 11) is 3.34. The summed E-state index contributed by atoms with van der Waals surface area (Å²) in [5, 5.41) is 1.78. The zero-order valence-electron chi connectivity index (χ0n) is 13.5. The van der Waals surface area contributed by atoms with Crippen LogP contribution < -0.4 is 14.4 Å². The Morgan fingerprint density at radius 2 is 1.83 bits per heavy atom. The molecule has 0 radical (unpaired) electrons. The van der Waals surface area contributed by atoms with E-state index in [1.165, 1.54) is 11.1 Å². The van der Waals surface area contributed by atoms with E-state index >= 15 is 0 Å². The summed E-state index contributed by atoms with van der Waals surface area (Å²) in [5.41, 5.74) is 3.57. The van der Waals surface area contributed by atoms with Gasteiger partial charge >= 0.3 is 0 Å². The molecule has 0 bridgehead atoms. The van der Waals surface area contributed by atoms with Gasteiger partial charge in [0, 0.05) is 18.1 Å². The molecule has 0 saturated carbocycles. The number of benzene rings is 2. The number of thiazole rings is 1. The number of halogens is 1. The molecule has 1 aromatic heterocycles. The molecule has 2 aromatic carbocycles. The molecule has 0 aliphatic carbocycles. The van der Waals surface area contributed by atoms with Crippen molar-refractivity contribution < 1.29 is 9.47 Å². The molecule has 0 atom stereocenters. The van der Waals surface area contributed by atoms with Crippen molar-refractivity contribution in [3.05, 3.63) is 46.5 Å². The molecule has 0 fully saturated rings. The Bertz CT molecular complexity index is 909. The lowest BCUT2D eigenvalue weighted by molar-refractivity contribution is 0.353. The number of rotatable bonds is 3. The Morgan fingerprint density at radius 3 is 2.58 bits per heavy atom. The fourth-order valence-electron chi connectivity index (χ4n) is 3.07. The van der Waals surface area contributed by atoms with Crippen LogP contribution in [-0.4, -0.2) is 25.7 Å². The Balaban J connectivity index is 1.67. The van der Waals surface area contributed by atoms with Gasteiger partial charge < -0.3 is 14.4 Å². The van der Waals surface area contributed by atoms with Gasteiger partial charge in [-0.05, 0) is 47.9 Å². The summed E-state index contributed by atoms with van der Waals surface area (Å²) in [6, 6.07) is 10.00. The maximum absolute atomic E-state index is 6.08. The van der Waals surface area contributed by atoms with Gasteiger partial charge in [0.15, 0.2) is 16.6 Å². The van der Waals surface area contributed by atoms with Crippen molar-refractivity contribution in [1.29, 1.82) is 0 Å². The van der Waals surface area contributed by atoms with Crippen LogP contribution >= 0.6 is 22.9 Å². The maximum Gasteiger partial charge on any atom is 0.186 e. The van der Waals surface area contributed by atoms with Crippen molar-refractivity contribution in [3.8, 4) is 11.5 Å². The first kappa shape index (κ1) is 15.5. The lowest BCUT2D eigenvalue weighted by Gasteiger charge is -2.29. The van der Waals surface area contributed by atoms with Crippen LogP contribution in [0.4, 0.5) is 5.13 Å². The molecular weight excluding hydrogens is 344 g/mol. The van der Waals surface area contributed by atoms with E-state index in [0.29, 0.717) is 0 Å². The largest absolute Gasteiger partial charge is 0.493 e. The molecule has 1 aliphatic rings. The molecule has 6 heteroatoms. The van der Waals surface area contributed by atoms with E-state index in [2.05, 4.69) is 17.0 Å². The lowest BCUT2D eigenvalue weighted by atomic mass is 9.99. The molecule has 0 amide bonds. The van der Waals surface area contributed by atoms with Crippen LogP contribution in [0.25, 0.3) is 10.2 Å². The van der Waals surface area contributed by atoms with E-state index in [0.717, 1.165) is 51.4 Å². The predicted molar refractivity (Wildman–Crippen MR) is 98.9 cm³/mol. The van der Waals surface area contributed by atoms with Crippen LogP contribution in [0.1, 0.15) is 11.1 Å². The molecule has 24 heavy (non-hydrogen) atoms. The zero-order chi connectivity index (χ0) is 16.7. The quantitative estimate of drug-likeness (QED) is 0.687. The van der Waals surface area contributed by atoms with Crippen LogP contribution in [0.5, 0.6) is 11.5 Å². The van der Waals surface area contributed by atoms with Crippen molar-refractivity contribution in [3.63, 3.8) is 0 Å². The summed E-state index contributed by atoms with van der Waals surface area (Å²) < 4.78 is 12.0. The third-order valence-corrected chi connectivity index (χ3v) is 5.64. The van der Waals surface area contributed by atoms with Crippen molar-refractivity contribution in [1.82, 2.24) is 4.98 Å². The van der Waals surface area contributed by atoms with Crippen LogP contribution in [0.2, 0.25) is 5.02 Å². The van der Waals surface area contributed by atoms with Gasteiger partial charge in [0.2, 0.25) is 0 Å². The Kier molecular flexibility index (Phi) is 3.98. The highest BCUT2D eigenvalue weighted by Crippen LogP contribution is 2.36. The van der Waals surface area contributed by atoms with Crippen molar-refractivity contribution >= 4 is 38.3 Å². The molecule has 4 rings (SSSR count). The molecule has 0 spiro atoms. The molecular formula is C18H17ClN2O2S. The summed E-state index contributed by atoms with van der Waals surface area (Å²) >= 11 is 7.77. The monoisotopic (exact) mass is 360 g/mol. The molecule has 4 nitrogen and oxygen atoms in total. The SMILES string of the molecule is COc1cc2c(cc1OC)CN(c1nc3ccc(Cl)cc3s1)CC2. The molecule has 3 aromatic rings. The molecule has 2 heterocycles. The van der Waals surface area contributed by atoms with E-state index < -0.39 is 0 Å². The second-order valence-electron chi connectivity index (χ2n) is 5.76. The first-order valence-corrected chi connectivity index (χ1v) is 8.92. The molecule has 0 saturated heterocycles. The van der Waals surface area contributed by atoms with Gasteiger partial charge in [-0.25, -0.2) is 4.98 Å².